The van der Waals surface area contributed by atoms with Crippen molar-refractivity contribution in [2.45, 2.75) is 39.5 Å². The molecule has 13 heavy (non-hydrogen) atoms. The van der Waals surface area contributed by atoms with Crippen LogP contribution in [0.4, 0.5) is 0 Å². The lowest BCUT2D eigenvalue weighted by Gasteiger charge is -2.09. The van der Waals surface area contributed by atoms with E-state index < -0.39 is 0 Å². The highest BCUT2D eigenvalue weighted by Gasteiger charge is 2.02. The Morgan fingerprint density at radius 3 is 2.92 bits per heavy atom. The van der Waals surface area contributed by atoms with Gasteiger partial charge in [-0.2, -0.15) is 0 Å². The van der Waals surface area contributed by atoms with Gasteiger partial charge in [-0.3, -0.25) is 4.98 Å². The Morgan fingerprint density at radius 2 is 2.31 bits per heavy atom. The molecule has 1 aromatic heterocycles. The summed E-state index contributed by atoms with van der Waals surface area (Å²) in [6.45, 7) is 4.57. The molecule has 0 saturated carbocycles. The van der Waals surface area contributed by atoms with Gasteiger partial charge in [-0.1, -0.05) is 39.2 Å². The summed E-state index contributed by atoms with van der Waals surface area (Å²) >= 11 is 0. The molecule has 0 saturated heterocycles. The Hall–Kier alpha value is -0.850. The van der Waals surface area contributed by atoms with E-state index in [-0.39, 0.29) is 0 Å². The minimum atomic E-state index is 0.796. The summed E-state index contributed by atoms with van der Waals surface area (Å²) in [6, 6.07) is 4.18. The SMILES string of the molecule is CCCCC(C)Cc1cccnc1. The van der Waals surface area contributed by atoms with Crippen LogP contribution in [0, 0.1) is 5.92 Å². The molecule has 1 heteroatoms. The fraction of sp³-hybridized carbons (Fsp3) is 0.583. The molecule has 0 aliphatic rings. The molecule has 0 radical (unpaired) electrons. The molecule has 0 aliphatic carbocycles. The molecule has 0 bridgehead atoms. The van der Waals surface area contributed by atoms with Crippen molar-refractivity contribution < 1.29 is 0 Å². The molecule has 1 heterocycles. The number of nitrogens with zero attached hydrogens (tertiary/aromatic N) is 1. The van der Waals surface area contributed by atoms with Crippen LogP contribution in [0.15, 0.2) is 24.5 Å². The first-order chi connectivity index (χ1) is 6.33. The third-order valence-corrected chi connectivity index (χ3v) is 2.36. The number of pyridine rings is 1. The minimum Gasteiger partial charge on any atom is -0.264 e. The summed E-state index contributed by atoms with van der Waals surface area (Å²) < 4.78 is 0. The number of hydrogen-bond donors (Lipinski definition) is 0. The lowest BCUT2D eigenvalue weighted by Crippen LogP contribution is -1.99. The second-order valence-electron chi connectivity index (χ2n) is 3.81. The molecule has 0 spiro atoms. The van der Waals surface area contributed by atoms with Crippen molar-refractivity contribution in [3.63, 3.8) is 0 Å². The molecule has 1 nitrogen and oxygen atoms in total. The average Bonchev–Trinajstić information content (AvgIpc) is 2.16. The molecule has 72 valence electrons. The highest BCUT2D eigenvalue weighted by atomic mass is 14.6. The maximum Gasteiger partial charge on any atom is 0.0299 e. The Balaban J connectivity index is 2.32. The maximum absolute atomic E-state index is 4.12. The van der Waals surface area contributed by atoms with E-state index in [2.05, 4.69) is 24.9 Å². The van der Waals surface area contributed by atoms with Gasteiger partial charge < -0.3 is 0 Å². The summed E-state index contributed by atoms with van der Waals surface area (Å²) in [4.78, 5) is 4.12. The van der Waals surface area contributed by atoms with E-state index in [0.717, 1.165) is 5.92 Å². The van der Waals surface area contributed by atoms with Crippen LogP contribution in [0.25, 0.3) is 0 Å². The van der Waals surface area contributed by atoms with Gasteiger partial charge in [-0.15, -0.1) is 0 Å². The van der Waals surface area contributed by atoms with Gasteiger partial charge in [0.1, 0.15) is 0 Å². The lowest BCUT2D eigenvalue weighted by molar-refractivity contribution is 0.503. The third-order valence-electron chi connectivity index (χ3n) is 2.36. The predicted molar refractivity (Wildman–Crippen MR) is 56.6 cm³/mol. The van der Waals surface area contributed by atoms with Crippen molar-refractivity contribution in [2.75, 3.05) is 0 Å². The van der Waals surface area contributed by atoms with E-state index in [1.165, 1.54) is 31.2 Å². The first kappa shape index (κ1) is 10.2. The quantitative estimate of drug-likeness (QED) is 0.671. The first-order valence-electron chi connectivity index (χ1n) is 5.21. The topological polar surface area (TPSA) is 12.9 Å². The summed E-state index contributed by atoms with van der Waals surface area (Å²) in [5.74, 6) is 0.796. The number of hydrogen-bond acceptors (Lipinski definition) is 1. The van der Waals surface area contributed by atoms with Gasteiger partial charge in [0.15, 0.2) is 0 Å². The lowest BCUT2D eigenvalue weighted by atomic mass is 9.97. The fourth-order valence-corrected chi connectivity index (χ4v) is 1.58. The van der Waals surface area contributed by atoms with E-state index in [4.69, 9.17) is 0 Å². The predicted octanol–water partition coefficient (Wildman–Crippen LogP) is 3.45. The van der Waals surface area contributed by atoms with Crippen molar-refractivity contribution >= 4 is 0 Å². The number of aromatic nitrogens is 1. The Kier molecular flexibility index (Phi) is 4.52. The van der Waals surface area contributed by atoms with Gasteiger partial charge in [0.25, 0.3) is 0 Å². The number of unbranched alkanes of at least 4 members (excludes halogenated alkanes) is 1. The van der Waals surface area contributed by atoms with Gasteiger partial charge in [-0.05, 0) is 24.0 Å². The third kappa shape index (κ3) is 4.07. The van der Waals surface area contributed by atoms with E-state index in [1.807, 2.05) is 18.5 Å². The zero-order valence-electron chi connectivity index (χ0n) is 8.66. The standard InChI is InChI=1S/C12H19N/c1-3-4-6-11(2)9-12-7-5-8-13-10-12/h5,7-8,10-11H,3-4,6,9H2,1-2H3. The Bertz CT molecular complexity index is 218. The zero-order chi connectivity index (χ0) is 9.52. The van der Waals surface area contributed by atoms with Gasteiger partial charge in [0, 0.05) is 12.4 Å². The summed E-state index contributed by atoms with van der Waals surface area (Å²) in [7, 11) is 0. The molecule has 1 aromatic rings. The minimum absolute atomic E-state index is 0.796. The molecule has 0 N–H and O–H groups in total. The van der Waals surface area contributed by atoms with Crippen LogP contribution < -0.4 is 0 Å². The molecule has 0 fully saturated rings. The van der Waals surface area contributed by atoms with Crippen LogP contribution >= 0.6 is 0 Å². The summed E-state index contributed by atoms with van der Waals surface area (Å²) in [5.41, 5.74) is 1.37. The van der Waals surface area contributed by atoms with Crippen LogP contribution in [0.1, 0.15) is 38.7 Å². The van der Waals surface area contributed by atoms with Crippen molar-refractivity contribution in [3.8, 4) is 0 Å². The molecule has 0 amide bonds. The van der Waals surface area contributed by atoms with E-state index in [9.17, 15) is 0 Å². The largest absolute Gasteiger partial charge is 0.264 e. The van der Waals surface area contributed by atoms with E-state index >= 15 is 0 Å². The molecule has 1 atom stereocenters. The normalized spacial score (nSPS) is 12.8. The van der Waals surface area contributed by atoms with Crippen molar-refractivity contribution in [3.05, 3.63) is 30.1 Å². The molecule has 1 unspecified atom stereocenters. The van der Waals surface area contributed by atoms with Gasteiger partial charge in [0.2, 0.25) is 0 Å². The van der Waals surface area contributed by atoms with E-state index in [0.29, 0.717) is 0 Å². The average molecular weight is 177 g/mol. The Morgan fingerprint density at radius 1 is 1.46 bits per heavy atom. The van der Waals surface area contributed by atoms with Crippen LogP contribution in [0.2, 0.25) is 0 Å². The second-order valence-corrected chi connectivity index (χ2v) is 3.81. The van der Waals surface area contributed by atoms with Crippen LogP contribution in [0.3, 0.4) is 0 Å². The van der Waals surface area contributed by atoms with Gasteiger partial charge in [-0.25, -0.2) is 0 Å². The van der Waals surface area contributed by atoms with Crippen molar-refractivity contribution in [1.29, 1.82) is 0 Å². The van der Waals surface area contributed by atoms with E-state index in [1.54, 1.807) is 0 Å². The van der Waals surface area contributed by atoms with Crippen LogP contribution in [-0.4, -0.2) is 4.98 Å². The van der Waals surface area contributed by atoms with Crippen LogP contribution in [-0.2, 0) is 6.42 Å². The zero-order valence-corrected chi connectivity index (χ0v) is 8.66. The molecule has 1 rings (SSSR count). The van der Waals surface area contributed by atoms with Crippen molar-refractivity contribution in [1.82, 2.24) is 4.98 Å². The number of rotatable bonds is 5. The molecule has 0 aliphatic heterocycles. The first-order valence-corrected chi connectivity index (χ1v) is 5.21. The summed E-state index contributed by atoms with van der Waals surface area (Å²) in [6.07, 6.45) is 8.97. The highest BCUT2D eigenvalue weighted by molar-refractivity contribution is 5.08. The fourth-order valence-electron chi connectivity index (χ4n) is 1.58. The van der Waals surface area contributed by atoms with Gasteiger partial charge in [0.05, 0.1) is 0 Å². The molecular formula is C12H19N. The second kappa shape index (κ2) is 5.74. The maximum atomic E-state index is 4.12. The summed E-state index contributed by atoms with van der Waals surface area (Å²) in [5, 5.41) is 0. The Labute approximate surface area is 81.2 Å². The van der Waals surface area contributed by atoms with Gasteiger partial charge >= 0.3 is 0 Å². The highest BCUT2D eigenvalue weighted by Crippen LogP contribution is 2.13. The van der Waals surface area contributed by atoms with Crippen LogP contribution in [0.5, 0.6) is 0 Å². The van der Waals surface area contributed by atoms with Crippen molar-refractivity contribution in [2.24, 2.45) is 5.92 Å². The smallest absolute Gasteiger partial charge is 0.0299 e. The monoisotopic (exact) mass is 177 g/mol. The molecule has 0 aromatic carbocycles. The molecular weight excluding hydrogens is 158 g/mol.